The van der Waals surface area contributed by atoms with E-state index in [0.29, 0.717) is 12.2 Å². The summed E-state index contributed by atoms with van der Waals surface area (Å²) in [5, 5.41) is 0. The van der Waals surface area contributed by atoms with Crippen molar-refractivity contribution < 1.29 is 9.78 Å². The molecule has 0 amide bonds. The Bertz CT molecular complexity index is 95.1. The van der Waals surface area contributed by atoms with Gasteiger partial charge in [-0.25, -0.2) is 9.78 Å². The highest BCUT2D eigenvalue weighted by molar-refractivity contribution is 4.72. The van der Waals surface area contributed by atoms with Gasteiger partial charge in [0.2, 0.25) is 0 Å². The van der Waals surface area contributed by atoms with Gasteiger partial charge in [0.15, 0.2) is 0 Å². The Morgan fingerprint density at radius 2 is 1.33 bits per heavy atom. The van der Waals surface area contributed by atoms with E-state index in [1.165, 1.54) is 32.1 Å². The second-order valence-corrected chi connectivity index (χ2v) is 2.94. The summed E-state index contributed by atoms with van der Waals surface area (Å²) in [5.74, 6) is 0. The molecule has 9 heavy (non-hydrogen) atoms. The molecule has 0 saturated heterocycles. The van der Waals surface area contributed by atoms with E-state index in [1.807, 2.05) is 0 Å². The largest absolute Gasteiger partial charge is 0.233 e. The van der Waals surface area contributed by atoms with E-state index < -0.39 is 0 Å². The van der Waals surface area contributed by atoms with Crippen molar-refractivity contribution in [3.63, 3.8) is 0 Å². The van der Waals surface area contributed by atoms with Crippen LogP contribution in [0.4, 0.5) is 0 Å². The van der Waals surface area contributed by atoms with Crippen LogP contribution in [0.2, 0.25) is 0 Å². The molecule has 2 nitrogen and oxygen atoms in total. The topological polar surface area (TPSA) is 18.5 Å². The molecule has 0 N–H and O–H groups in total. The van der Waals surface area contributed by atoms with Gasteiger partial charge in [0.25, 0.3) is 0 Å². The summed E-state index contributed by atoms with van der Waals surface area (Å²) in [5.41, 5.74) is 0. The smallest absolute Gasteiger partial charge is 0.0932 e. The van der Waals surface area contributed by atoms with Crippen molar-refractivity contribution in [3.05, 3.63) is 0 Å². The fourth-order valence-corrected chi connectivity index (χ4v) is 0.788. The second-order valence-electron chi connectivity index (χ2n) is 2.94. The Hall–Kier alpha value is -0.0800. The zero-order valence-electron chi connectivity index (χ0n) is 5.51. The van der Waals surface area contributed by atoms with Crippen molar-refractivity contribution in [2.24, 2.45) is 0 Å². The van der Waals surface area contributed by atoms with E-state index >= 15 is 0 Å². The first-order chi connectivity index (χ1) is 4.45. The van der Waals surface area contributed by atoms with Gasteiger partial charge in [-0.1, -0.05) is 0 Å². The molecule has 0 aliphatic heterocycles. The van der Waals surface area contributed by atoms with Crippen LogP contribution in [0.15, 0.2) is 0 Å². The van der Waals surface area contributed by atoms with Crippen molar-refractivity contribution >= 4 is 0 Å². The highest BCUT2D eigenvalue weighted by atomic mass is 17.2. The number of rotatable bonds is 3. The van der Waals surface area contributed by atoms with E-state index in [4.69, 9.17) is 9.78 Å². The zero-order chi connectivity index (χ0) is 6.10. The average Bonchev–Trinajstić information content (AvgIpc) is 2.44. The fraction of sp³-hybridized carbons (Fsp3) is 1.00. The van der Waals surface area contributed by atoms with E-state index in [0.717, 1.165) is 0 Å². The highest BCUT2D eigenvalue weighted by Gasteiger charge is 2.27. The molecule has 2 fully saturated rings. The fourth-order valence-electron chi connectivity index (χ4n) is 0.788. The summed E-state index contributed by atoms with van der Waals surface area (Å²) in [7, 11) is 0. The maximum atomic E-state index is 5.10. The van der Waals surface area contributed by atoms with Crippen LogP contribution in [-0.4, -0.2) is 12.2 Å². The van der Waals surface area contributed by atoms with Gasteiger partial charge < -0.3 is 0 Å². The predicted octanol–water partition coefficient (Wildman–Crippen LogP) is 1.65. The van der Waals surface area contributed by atoms with E-state index in [2.05, 4.69) is 0 Å². The Kier molecular flexibility index (Phi) is 1.44. The lowest BCUT2D eigenvalue weighted by molar-refractivity contribution is -0.344. The van der Waals surface area contributed by atoms with Crippen LogP contribution in [0, 0.1) is 0 Å². The molecule has 0 atom stereocenters. The third-order valence-electron chi connectivity index (χ3n) is 1.90. The summed E-state index contributed by atoms with van der Waals surface area (Å²) in [6, 6.07) is 0. The first kappa shape index (κ1) is 5.69. The lowest BCUT2D eigenvalue weighted by atomic mass is 9.97. The standard InChI is InChI=1S/C7H12O2/c1-2-6(3-1)8-9-7-4-5-7/h6-7H,1-5H2. The van der Waals surface area contributed by atoms with Gasteiger partial charge in [0.05, 0.1) is 12.2 Å². The quantitative estimate of drug-likeness (QED) is 0.425. The first-order valence-corrected chi connectivity index (χ1v) is 3.77. The molecule has 0 aromatic heterocycles. The monoisotopic (exact) mass is 128 g/mol. The molecule has 0 aromatic rings. The normalized spacial score (nSPS) is 28.0. The molecule has 2 rings (SSSR count). The molecule has 0 aromatic carbocycles. The molecule has 52 valence electrons. The molecule has 0 bridgehead atoms. The predicted molar refractivity (Wildman–Crippen MR) is 32.8 cm³/mol. The number of hydrogen-bond acceptors (Lipinski definition) is 2. The zero-order valence-corrected chi connectivity index (χ0v) is 5.51. The second kappa shape index (κ2) is 2.27. The Morgan fingerprint density at radius 1 is 0.778 bits per heavy atom. The van der Waals surface area contributed by atoms with Gasteiger partial charge in [0, 0.05) is 0 Å². The molecule has 0 radical (unpaired) electrons. The summed E-state index contributed by atoms with van der Waals surface area (Å²) >= 11 is 0. The summed E-state index contributed by atoms with van der Waals surface area (Å²) in [6.45, 7) is 0. The minimum Gasteiger partial charge on any atom is -0.233 e. The molecular formula is C7H12O2. The lowest BCUT2D eigenvalue weighted by Crippen LogP contribution is -2.21. The minimum atomic E-state index is 0.436. The van der Waals surface area contributed by atoms with E-state index in [1.54, 1.807) is 0 Å². The van der Waals surface area contributed by atoms with E-state index in [-0.39, 0.29) is 0 Å². The summed E-state index contributed by atoms with van der Waals surface area (Å²) < 4.78 is 0. The summed E-state index contributed by atoms with van der Waals surface area (Å²) in [4.78, 5) is 10.2. The molecule has 2 aliphatic carbocycles. The van der Waals surface area contributed by atoms with Crippen molar-refractivity contribution in [1.82, 2.24) is 0 Å². The van der Waals surface area contributed by atoms with E-state index in [9.17, 15) is 0 Å². The van der Waals surface area contributed by atoms with Crippen LogP contribution < -0.4 is 0 Å². The summed E-state index contributed by atoms with van der Waals surface area (Å²) in [6.07, 6.45) is 7.01. The van der Waals surface area contributed by atoms with Crippen LogP contribution >= 0.6 is 0 Å². The Labute approximate surface area is 55.1 Å². The van der Waals surface area contributed by atoms with Gasteiger partial charge in [-0.2, -0.15) is 0 Å². The van der Waals surface area contributed by atoms with Gasteiger partial charge in [-0.3, -0.25) is 0 Å². The maximum Gasteiger partial charge on any atom is 0.0932 e. The SMILES string of the molecule is C1CC(OOC2CC2)C1. The highest BCUT2D eigenvalue weighted by Crippen LogP contribution is 2.28. The van der Waals surface area contributed by atoms with Crippen molar-refractivity contribution in [3.8, 4) is 0 Å². The van der Waals surface area contributed by atoms with Gasteiger partial charge >= 0.3 is 0 Å². The van der Waals surface area contributed by atoms with Crippen molar-refractivity contribution in [1.29, 1.82) is 0 Å². The Balaban J connectivity index is 1.55. The van der Waals surface area contributed by atoms with Crippen molar-refractivity contribution in [2.45, 2.75) is 44.3 Å². The van der Waals surface area contributed by atoms with Gasteiger partial charge in [-0.05, 0) is 32.1 Å². The van der Waals surface area contributed by atoms with Gasteiger partial charge in [-0.15, -0.1) is 0 Å². The van der Waals surface area contributed by atoms with Gasteiger partial charge in [0.1, 0.15) is 0 Å². The number of hydrogen-bond donors (Lipinski definition) is 0. The maximum absolute atomic E-state index is 5.10. The molecule has 2 saturated carbocycles. The molecule has 0 unspecified atom stereocenters. The lowest BCUT2D eigenvalue weighted by Gasteiger charge is -2.23. The third-order valence-corrected chi connectivity index (χ3v) is 1.90. The molecule has 0 heterocycles. The minimum absolute atomic E-state index is 0.436. The third kappa shape index (κ3) is 1.43. The van der Waals surface area contributed by atoms with Crippen LogP contribution in [0.5, 0.6) is 0 Å². The van der Waals surface area contributed by atoms with Crippen LogP contribution in [0.1, 0.15) is 32.1 Å². The molecule has 2 heteroatoms. The van der Waals surface area contributed by atoms with Crippen LogP contribution in [0.3, 0.4) is 0 Å². The van der Waals surface area contributed by atoms with Crippen LogP contribution in [0.25, 0.3) is 0 Å². The van der Waals surface area contributed by atoms with Crippen LogP contribution in [-0.2, 0) is 9.78 Å². The average molecular weight is 128 g/mol. The molecule has 2 aliphatic rings. The Morgan fingerprint density at radius 3 is 1.67 bits per heavy atom. The first-order valence-electron chi connectivity index (χ1n) is 3.77. The molecule has 0 spiro atoms. The van der Waals surface area contributed by atoms with Crippen molar-refractivity contribution in [2.75, 3.05) is 0 Å². The molecular weight excluding hydrogens is 116 g/mol.